The average molecular weight is 452 g/mol. The molecule has 0 bridgehead atoms. The number of carboxylic acids is 1. The SMILES string of the molecule is C[C@@H](O)[C@H](NC(=O)OCc1ccccc1)C(=O)N[C@H](Cc1cnc2ccccc2n1)C(=O)O. The molecule has 3 rings (SSSR count). The summed E-state index contributed by atoms with van der Waals surface area (Å²) >= 11 is 0. The zero-order valence-corrected chi connectivity index (χ0v) is 17.8. The minimum Gasteiger partial charge on any atom is -0.480 e. The highest BCUT2D eigenvalue weighted by molar-refractivity contribution is 5.89. The van der Waals surface area contributed by atoms with Gasteiger partial charge in [0.2, 0.25) is 5.91 Å². The number of carbonyl (C=O) groups excluding carboxylic acids is 2. The van der Waals surface area contributed by atoms with E-state index in [2.05, 4.69) is 20.6 Å². The molecule has 2 amide bonds. The van der Waals surface area contributed by atoms with E-state index in [-0.39, 0.29) is 13.0 Å². The quantitative estimate of drug-likeness (QED) is 0.381. The molecule has 0 saturated carbocycles. The number of aromatic nitrogens is 2. The number of aliphatic hydroxyl groups is 1. The predicted molar refractivity (Wildman–Crippen MR) is 118 cm³/mol. The van der Waals surface area contributed by atoms with Crippen molar-refractivity contribution in [3.8, 4) is 0 Å². The van der Waals surface area contributed by atoms with Crippen molar-refractivity contribution >= 4 is 29.0 Å². The van der Waals surface area contributed by atoms with Gasteiger partial charge in [0.15, 0.2) is 0 Å². The van der Waals surface area contributed by atoms with Gasteiger partial charge in [0.05, 0.1) is 22.8 Å². The number of carbonyl (C=O) groups is 3. The van der Waals surface area contributed by atoms with Crippen molar-refractivity contribution in [2.24, 2.45) is 0 Å². The molecule has 33 heavy (non-hydrogen) atoms. The number of aliphatic carboxylic acids is 1. The molecule has 0 spiro atoms. The Balaban J connectivity index is 1.63. The first-order valence-corrected chi connectivity index (χ1v) is 10.2. The highest BCUT2D eigenvalue weighted by Gasteiger charge is 2.30. The third kappa shape index (κ3) is 6.71. The third-order valence-corrected chi connectivity index (χ3v) is 4.78. The molecule has 0 unspecified atom stereocenters. The van der Waals surface area contributed by atoms with Crippen LogP contribution < -0.4 is 10.6 Å². The van der Waals surface area contributed by atoms with Gasteiger partial charge in [-0.2, -0.15) is 0 Å². The summed E-state index contributed by atoms with van der Waals surface area (Å²) in [5.41, 5.74) is 2.36. The number of aliphatic hydroxyl groups excluding tert-OH is 1. The summed E-state index contributed by atoms with van der Waals surface area (Å²) in [5, 5.41) is 24.2. The minimum absolute atomic E-state index is 0.0286. The largest absolute Gasteiger partial charge is 0.480 e. The maximum absolute atomic E-state index is 12.7. The van der Waals surface area contributed by atoms with Crippen LogP contribution in [-0.4, -0.2) is 56.3 Å². The molecule has 0 aliphatic heterocycles. The molecule has 0 fully saturated rings. The zero-order chi connectivity index (χ0) is 23.8. The Hall–Kier alpha value is -4.05. The van der Waals surface area contributed by atoms with E-state index in [1.165, 1.54) is 13.1 Å². The highest BCUT2D eigenvalue weighted by Crippen LogP contribution is 2.10. The number of fused-ring (bicyclic) bond motifs is 1. The Bertz CT molecular complexity index is 1120. The molecule has 0 radical (unpaired) electrons. The number of para-hydroxylation sites is 2. The summed E-state index contributed by atoms with van der Waals surface area (Å²) in [5.74, 6) is -2.17. The van der Waals surface area contributed by atoms with E-state index in [0.717, 1.165) is 5.56 Å². The Morgan fingerprint density at radius 3 is 2.33 bits per heavy atom. The van der Waals surface area contributed by atoms with E-state index in [9.17, 15) is 24.6 Å². The fourth-order valence-electron chi connectivity index (χ4n) is 3.06. The van der Waals surface area contributed by atoms with Crippen LogP contribution in [0, 0.1) is 0 Å². The maximum atomic E-state index is 12.7. The van der Waals surface area contributed by atoms with Crippen molar-refractivity contribution in [1.29, 1.82) is 0 Å². The second-order valence-corrected chi connectivity index (χ2v) is 7.38. The average Bonchev–Trinajstić information content (AvgIpc) is 2.81. The van der Waals surface area contributed by atoms with Crippen molar-refractivity contribution in [1.82, 2.24) is 20.6 Å². The number of amides is 2. The number of benzene rings is 2. The van der Waals surface area contributed by atoms with Gasteiger partial charge in [0, 0.05) is 12.6 Å². The van der Waals surface area contributed by atoms with Crippen molar-refractivity contribution in [2.75, 3.05) is 0 Å². The molecule has 10 heteroatoms. The van der Waals surface area contributed by atoms with Gasteiger partial charge in [-0.3, -0.25) is 9.78 Å². The van der Waals surface area contributed by atoms with Gasteiger partial charge in [-0.05, 0) is 24.6 Å². The van der Waals surface area contributed by atoms with Gasteiger partial charge in [-0.15, -0.1) is 0 Å². The van der Waals surface area contributed by atoms with Gasteiger partial charge in [0.25, 0.3) is 0 Å². The lowest BCUT2D eigenvalue weighted by molar-refractivity contribution is -0.142. The Morgan fingerprint density at radius 2 is 1.67 bits per heavy atom. The normalized spacial score (nSPS) is 13.5. The molecule has 0 saturated heterocycles. The lowest BCUT2D eigenvalue weighted by Gasteiger charge is -2.23. The molecule has 1 aromatic heterocycles. The monoisotopic (exact) mass is 452 g/mol. The molecular weight excluding hydrogens is 428 g/mol. The van der Waals surface area contributed by atoms with Crippen LogP contribution in [-0.2, 0) is 27.4 Å². The molecule has 0 aliphatic rings. The number of hydrogen-bond donors (Lipinski definition) is 4. The highest BCUT2D eigenvalue weighted by atomic mass is 16.5. The van der Waals surface area contributed by atoms with E-state index in [1.807, 2.05) is 12.1 Å². The van der Waals surface area contributed by atoms with Gasteiger partial charge >= 0.3 is 12.1 Å². The van der Waals surface area contributed by atoms with Crippen LogP contribution in [0.2, 0.25) is 0 Å². The molecule has 10 nitrogen and oxygen atoms in total. The van der Waals surface area contributed by atoms with Crippen LogP contribution in [0.3, 0.4) is 0 Å². The fraction of sp³-hybridized carbons (Fsp3) is 0.261. The molecule has 3 atom stereocenters. The lowest BCUT2D eigenvalue weighted by atomic mass is 10.1. The van der Waals surface area contributed by atoms with Crippen LogP contribution in [0.1, 0.15) is 18.2 Å². The van der Waals surface area contributed by atoms with Gasteiger partial charge in [0.1, 0.15) is 18.7 Å². The van der Waals surface area contributed by atoms with Crippen molar-refractivity contribution < 1.29 is 29.3 Å². The van der Waals surface area contributed by atoms with Crippen LogP contribution in [0.25, 0.3) is 11.0 Å². The summed E-state index contributed by atoms with van der Waals surface area (Å²) in [6.45, 7) is 1.27. The summed E-state index contributed by atoms with van der Waals surface area (Å²) in [6.07, 6.45) is -0.920. The van der Waals surface area contributed by atoms with Crippen LogP contribution in [0.15, 0.2) is 60.8 Å². The molecule has 2 aromatic carbocycles. The van der Waals surface area contributed by atoms with Crippen molar-refractivity contribution in [3.63, 3.8) is 0 Å². The van der Waals surface area contributed by atoms with Crippen molar-refractivity contribution in [2.45, 2.75) is 38.1 Å². The number of nitrogens with one attached hydrogen (secondary N) is 2. The first-order chi connectivity index (χ1) is 15.8. The van der Waals surface area contributed by atoms with E-state index in [0.29, 0.717) is 16.7 Å². The fourth-order valence-corrected chi connectivity index (χ4v) is 3.06. The molecule has 3 aromatic rings. The summed E-state index contributed by atoms with van der Waals surface area (Å²) in [6, 6.07) is 13.3. The Labute approximate surface area is 189 Å². The molecule has 0 aliphatic carbocycles. The topological polar surface area (TPSA) is 151 Å². The van der Waals surface area contributed by atoms with E-state index in [1.54, 1.807) is 42.5 Å². The molecule has 1 heterocycles. The minimum atomic E-state index is -1.42. The summed E-state index contributed by atoms with van der Waals surface area (Å²) in [4.78, 5) is 45.1. The number of nitrogens with zero attached hydrogens (tertiary/aromatic N) is 2. The Morgan fingerprint density at radius 1 is 1.00 bits per heavy atom. The summed E-state index contributed by atoms with van der Waals surface area (Å²) in [7, 11) is 0. The third-order valence-electron chi connectivity index (χ3n) is 4.78. The van der Waals surface area contributed by atoms with Gasteiger partial charge < -0.3 is 25.6 Å². The maximum Gasteiger partial charge on any atom is 0.408 e. The first kappa shape index (κ1) is 23.6. The smallest absolute Gasteiger partial charge is 0.408 e. The summed E-state index contributed by atoms with van der Waals surface area (Å²) < 4.78 is 5.07. The van der Waals surface area contributed by atoms with E-state index < -0.39 is 36.2 Å². The van der Waals surface area contributed by atoms with Gasteiger partial charge in [-0.1, -0.05) is 42.5 Å². The number of hydrogen-bond acceptors (Lipinski definition) is 7. The molecule has 4 N–H and O–H groups in total. The van der Waals surface area contributed by atoms with Crippen LogP contribution >= 0.6 is 0 Å². The standard InChI is InChI=1S/C23H24N4O6/c1-14(28)20(27-23(32)33-13-15-7-3-2-4-8-15)21(29)26-19(22(30)31)11-16-12-24-17-9-5-6-10-18(17)25-16/h2-10,12,14,19-20,28H,11,13H2,1H3,(H,26,29)(H,27,32)(H,30,31)/t14-,19-,20+/m1/s1. The number of rotatable bonds is 9. The van der Waals surface area contributed by atoms with E-state index >= 15 is 0 Å². The van der Waals surface area contributed by atoms with Crippen LogP contribution in [0.5, 0.6) is 0 Å². The number of alkyl carbamates (subject to hydrolysis) is 1. The second-order valence-electron chi connectivity index (χ2n) is 7.38. The first-order valence-electron chi connectivity index (χ1n) is 10.2. The van der Waals surface area contributed by atoms with E-state index in [4.69, 9.17) is 4.74 Å². The zero-order valence-electron chi connectivity index (χ0n) is 17.8. The second kappa shape index (κ2) is 11.0. The van der Waals surface area contributed by atoms with Crippen LogP contribution in [0.4, 0.5) is 4.79 Å². The molecule has 172 valence electrons. The number of ether oxygens (including phenoxy) is 1. The predicted octanol–water partition coefficient (Wildman–Crippen LogP) is 1.42. The van der Waals surface area contributed by atoms with Crippen molar-refractivity contribution in [3.05, 3.63) is 72.1 Å². The lowest BCUT2D eigenvalue weighted by Crippen LogP contribution is -2.56. The Kier molecular flexibility index (Phi) is 7.87. The van der Waals surface area contributed by atoms with Gasteiger partial charge in [-0.25, -0.2) is 14.6 Å². The molecular formula is C23H24N4O6. The number of carboxylic acid groups (broad SMARTS) is 1.